The summed E-state index contributed by atoms with van der Waals surface area (Å²) < 4.78 is 0. The second-order valence-corrected chi connectivity index (χ2v) is 13.3. The van der Waals surface area contributed by atoms with Crippen LogP contribution in [0.15, 0.2) is 146 Å². The van der Waals surface area contributed by atoms with Crippen LogP contribution in [-0.2, 0) is 104 Å². The topological polar surface area (TPSA) is 120 Å². The fourth-order valence-corrected chi connectivity index (χ4v) is 6.56. The van der Waals surface area contributed by atoms with Gasteiger partial charge in [0.15, 0.2) is 0 Å². The molecule has 3 aliphatic rings. The molecule has 6 aromatic carbocycles. The van der Waals surface area contributed by atoms with Gasteiger partial charge in [0.05, 0.1) is 17.9 Å². The van der Waals surface area contributed by atoms with E-state index in [4.69, 9.17) is 0 Å². The molecular formula is C48H48O6Ti3. The molecule has 0 unspecified atom stereocenters. The number of fused-ring (bicyclic) bond motifs is 3. The maximum absolute atomic E-state index is 10.1. The predicted molar refractivity (Wildman–Crippen MR) is 208 cm³/mol. The zero-order chi connectivity index (χ0) is 38.4. The van der Waals surface area contributed by atoms with Crippen molar-refractivity contribution in [3.63, 3.8) is 0 Å². The molecule has 0 bridgehead atoms. The Morgan fingerprint density at radius 3 is 0.772 bits per heavy atom. The van der Waals surface area contributed by atoms with Gasteiger partial charge in [0.2, 0.25) is 0 Å². The van der Waals surface area contributed by atoms with Crippen LogP contribution in [0.25, 0.3) is 0 Å². The van der Waals surface area contributed by atoms with E-state index < -0.39 is 17.9 Å². The van der Waals surface area contributed by atoms with E-state index in [1.165, 1.54) is 113 Å². The molecule has 288 valence electrons. The van der Waals surface area contributed by atoms with Gasteiger partial charge in [-0.3, -0.25) is 0 Å². The molecule has 0 saturated heterocycles. The Balaban J connectivity index is 0.000000338. The second kappa shape index (κ2) is 29.5. The number of carbonyl (C=O) groups is 3. The molecule has 3 aliphatic carbocycles. The molecule has 6 nitrogen and oxygen atoms in total. The molecule has 0 heterocycles. The van der Waals surface area contributed by atoms with Crippen LogP contribution in [-0.4, -0.2) is 17.9 Å². The van der Waals surface area contributed by atoms with E-state index >= 15 is 0 Å². The quantitative estimate of drug-likeness (QED) is 0.140. The Labute approximate surface area is 382 Å². The predicted octanol–water partition coefficient (Wildman–Crippen LogP) is 7.00. The smallest absolute Gasteiger partial charge is 0.545 e. The summed E-state index contributed by atoms with van der Waals surface area (Å²) >= 11 is 0. The van der Waals surface area contributed by atoms with E-state index in [1.54, 1.807) is 88.0 Å². The van der Waals surface area contributed by atoms with Crippen molar-refractivity contribution in [2.75, 3.05) is 0 Å². The first-order valence-electron chi connectivity index (χ1n) is 18.8. The van der Waals surface area contributed by atoms with Gasteiger partial charge in [0.25, 0.3) is 0 Å². The van der Waals surface area contributed by atoms with E-state index in [9.17, 15) is 29.7 Å². The number of benzene rings is 3. The number of hydrogen-bond donors (Lipinski definition) is 0. The number of hydrogen-bond acceptors (Lipinski definition) is 6. The molecule has 0 atom stereocenters. The van der Waals surface area contributed by atoms with Crippen molar-refractivity contribution < 1.29 is 94.9 Å². The summed E-state index contributed by atoms with van der Waals surface area (Å²) in [7, 11) is 0. The maximum Gasteiger partial charge on any atom is 2.00 e. The largest absolute Gasteiger partial charge is 2.00 e. The standard InChI is InChI=1S/3C9H11.3C7H6O2.3Ti/c3*1-2-5-9-7-3-6-8(9)4-1;3*8-7(9)6-4-2-1-3-5-6;;;/h3*3,6-7H,1-2,4-5H2;3*1-5H,(H,8,9);;;/q3*-1;;;;3*+2/p-3. The first-order chi connectivity index (χ1) is 26.3. The molecule has 0 aromatic heterocycles. The van der Waals surface area contributed by atoms with E-state index in [0.29, 0.717) is 0 Å². The molecular weight excluding hydrogens is 816 g/mol. The summed E-state index contributed by atoms with van der Waals surface area (Å²) in [6.07, 6.45) is 16.3. The Morgan fingerprint density at radius 1 is 0.351 bits per heavy atom. The van der Waals surface area contributed by atoms with Crippen LogP contribution >= 0.6 is 0 Å². The zero-order valence-corrected chi connectivity index (χ0v) is 37.0. The van der Waals surface area contributed by atoms with Gasteiger partial charge >= 0.3 is 65.2 Å². The Hall–Kier alpha value is -3.74. The third-order valence-corrected chi connectivity index (χ3v) is 9.48. The summed E-state index contributed by atoms with van der Waals surface area (Å²) in [5.41, 5.74) is 10.3. The first-order valence-corrected chi connectivity index (χ1v) is 18.8. The van der Waals surface area contributed by atoms with Gasteiger partial charge in [-0.1, -0.05) is 168 Å². The summed E-state index contributed by atoms with van der Waals surface area (Å²) in [6, 6.07) is 44.3. The Bertz CT molecular complexity index is 1670. The van der Waals surface area contributed by atoms with Gasteiger partial charge in [-0.15, -0.1) is 0 Å². The zero-order valence-electron chi connectivity index (χ0n) is 32.3. The Kier molecular flexibility index (Phi) is 26.5. The summed E-state index contributed by atoms with van der Waals surface area (Å²) in [5.74, 6) is -3.39. The molecule has 9 rings (SSSR count). The van der Waals surface area contributed by atoms with E-state index in [1.807, 2.05) is 0 Å². The molecule has 9 heteroatoms. The monoisotopic (exact) mass is 864 g/mol. The van der Waals surface area contributed by atoms with Gasteiger partial charge < -0.3 is 29.7 Å². The van der Waals surface area contributed by atoms with Crippen molar-refractivity contribution in [1.29, 1.82) is 0 Å². The average molecular weight is 865 g/mol. The van der Waals surface area contributed by atoms with Crippen molar-refractivity contribution in [2.45, 2.75) is 77.0 Å². The van der Waals surface area contributed by atoms with Crippen LogP contribution < -0.4 is 15.3 Å². The molecule has 57 heavy (non-hydrogen) atoms. The van der Waals surface area contributed by atoms with Crippen LogP contribution in [0, 0.1) is 0 Å². The van der Waals surface area contributed by atoms with Gasteiger partial charge in [0, 0.05) is 0 Å². The molecule has 0 N–H and O–H groups in total. The van der Waals surface area contributed by atoms with Crippen LogP contribution in [0.3, 0.4) is 0 Å². The van der Waals surface area contributed by atoms with Crippen molar-refractivity contribution >= 4 is 17.9 Å². The van der Waals surface area contributed by atoms with Crippen molar-refractivity contribution in [1.82, 2.24) is 0 Å². The number of carbonyl (C=O) groups excluding carboxylic acids is 3. The van der Waals surface area contributed by atoms with E-state index in [0.717, 1.165) is 0 Å². The van der Waals surface area contributed by atoms with Crippen molar-refractivity contribution in [3.8, 4) is 0 Å². The number of carboxylic acids is 3. The van der Waals surface area contributed by atoms with E-state index in [-0.39, 0.29) is 81.8 Å². The normalized spacial score (nSPS) is 12.4. The average Bonchev–Trinajstić information content (AvgIpc) is 4.02. The van der Waals surface area contributed by atoms with Crippen LogP contribution in [0.5, 0.6) is 0 Å². The molecule has 0 fully saturated rings. The van der Waals surface area contributed by atoms with Crippen LogP contribution in [0.1, 0.15) is 103 Å². The molecule has 0 amide bonds. The van der Waals surface area contributed by atoms with Crippen LogP contribution in [0.4, 0.5) is 0 Å². The number of aryl methyl sites for hydroxylation is 6. The van der Waals surface area contributed by atoms with Gasteiger partial charge in [-0.25, -0.2) is 18.2 Å². The SMILES string of the molecule is O=C([O-])c1ccccc1.O=C([O-])c1ccccc1.O=C([O-])c1ccccc1.[Ti+2].[Ti+2].[Ti+2].c1cc2c([cH-]1)CCCC2.c1cc2c([cH-]1)CCCC2.c1cc2c([cH-]1)CCCC2. The second-order valence-electron chi connectivity index (χ2n) is 13.3. The maximum atomic E-state index is 10.1. The third-order valence-electron chi connectivity index (χ3n) is 9.48. The van der Waals surface area contributed by atoms with Gasteiger partial charge in [0.1, 0.15) is 0 Å². The minimum Gasteiger partial charge on any atom is -0.545 e. The minimum atomic E-state index is -1.13. The van der Waals surface area contributed by atoms with Crippen molar-refractivity contribution in [2.24, 2.45) is 0 Å². The number of carboxylic acid groups (broad SMARTS) is 3. The molecule has 0 aliphatic heterocycles. The summed E-state index contributed by atoms with van der Waals surface area (Å²) in [5, 5.41) is 30.3. The van der Waals surface area contributed by atoms with E-state index in [2.05, 4.69) is 54.6 Å². The third kappa shape index (κ3) is 19.0. The van der Waals surface area contributed by atoms with Crippen molar-refractivity contribution in [3.05, 3.63) is 196 Å². The molecule has 0 radical (unpaired) electrons. The number of aromatic carboxylic acids is 3. The fraction of sp³-hybridized carbons (Fsp3) is 0.250. The summed E-state index contributed by atoms with van der Waals surface area (Å²) in [4.78, 5) is 30.3. The minimum absolute atomic E-state index is 0. The summed E-state index contributed by atoms with van der Waals surface area (Å²) in [6.45, 7) is 0. The first kappa shape index (κ1) is 51.3. The Morgan fingerprint density at radius 2 is 0.579 bits per heavy atom. The number of rotatable bonds is 3. The molecule has 0 saturated carbocycles. The molecule has 0 spiro atoms. The molecule has 6 aromatic rings. The van der Waals surface area contributed by atoms with Crippen LogP contribution in [0.2, 0.25) is 0 Å². The van der Waals surface area contributed by atoms with Gasteiger partial charge in [-0.2, -0.15) is 69.8 Å². The van der Waals surface area contributed by atoms with Gasteiger partial charge in [-0.05, 0) is 16.7 Å². The fourth-order valence-electron chi connectivity index (χ4n) is 6.56.